The minimum absolute atomic E-state index is 0.743. The average molecular weight is 292 g/mol. The third-order valence-electron chi connectivity index (χ3n) is 1.85. The van der Waals surface area contributed by atoms with Gasteiger partial charge < -0.3 is 4.55 Å². The molecule has 1 aliphatic rings. The van der Waals surface area contributed by atoms with Crippen LogP contribution >= 0.6 is 0 Å². The van der Waals surface area contributed by atoms with Crippen molar-refractivity contribution in [1.82, 2.24) is 0 Å². The SMILES string of the molecule is C=C(C)C[S+]1CCCC1.O=S(=O)([O-])C(F)(F)F. The monoisotopic (exact) mass is 292 g/mol. The molecule has 0 aromatic carbocycles. The first kappa shape index (κ1) is 16.8. The standard InChI is InChI=1S/C8H15S.CHF3O3S/c1-8(2)7-9-5-3-4-6-9;2-1(3,4)8(5,6)7/h1,3-7H2,2H3;(H,5,6,7)/q+1;/p-1. The van der Waals surface area contributed by atoms with Crippen LogP contribution in [-0.2, 0) is 21.0 Å². The summed E-state index contributed by atoms with van der Waals surface area (Å²) >= 11 is 0. The van der Waals surface area contributed by atoms with Crippen molar-refractivity contribution in [3.8, 4) is 0 Å². The molecule has 0 atom stereocenters. The lowest BCUT2D eigenvalue weighted by Crippen LogP contribution is -2.21. The largest absolute Gasteiger partial charge is 0.741 e. The molecule has 0 aromatic rings. The van der Waals surface area contributed by atoms with E-state index >= 15 is 0 Å². The van der Waals surface area contributed by atoms with Crippen LogP contribution in [0.5, 0.6) is 0 Å². The molecule has 0 radical (unpaired) electrons. The molecule has 0 N–H and O–H groups in total. The molecule has 0 amide bonds. The maximum atomic E-state index is 10.7. The average Bonchev–Trinajstić information content (AvgIpc) is 2.52. The van der Waals surface area contributed by atoms with Crippen LogP contribution in [0, 0.1) is 0 Å². The van der Waals surface area contributed by atoms with Crippen molar-refractivity contribution in [2.45, 2.75) is 25.3 Å². The van der Waals surface area contributed by atoms with Gasteiger partial charge in [0, 0.05) is 0 Å². The fourth-order valence-corrected chi connectivity index (χ4v) is 3.62. The number of halogens is 3. The maximum absolute atomic E-state index is 10.7. The van der Waals surface area contributed by atoms with E-state index in [0.29, 0.717) is 0 Å². The zero-order chi connectivity index (χ0) is 13.7. The molecule has 1 fully saturated rings. The van der Waals surface area contributed by atoms with Crippen molar-refractivity contribution in [2.24, 2.45) is 0 Å². The molecule has 0 bridgehead atoms. The molecule has 1 heterocycles. The molecule has 1 saturated heterocycles. The smallest absolute Gasteiger partial charge is 0.485 e. The third kappa shape index (κ3) is 7.67. The predicted octanol–water partition coefficient (Wildman–Crippen LogP) is 2.03. The topological polar surface area (TPSA) is 57.2 Å². The van der Waals surface area contributed by atoms with Crippen LogP contribution in [0.1, 0.15) is 19.8 Å². The molecule has 0 spiro atoms. The van der Waals surface area contributed by atoms with Crippen LogP contribution in [0.15, 0.2) is 12.2 Å². The first-order valence-electron chi connectivity index (χ1n) is 4.84. The summed E-state index contributed by atoms with van der Waals surface area (Å²) in [6, 6.07) is 0. The Balaban J connectivity index is 0.000000304. The Morgan fingerprint density at radius 3 is 1.94 bits per heavy atom. The Hall–Kier alpha value is -0.210. The van der Waals surface area contributed by atoms with Crippen molar-refractivity contribution in [3.63, 3.8) is 0 Å². The Morgan fingerprint density at radius 2 is 1.71 bits per heavy atom. The van der Waals surface area contributed by atoms with E-state index in [2.05, 4.69) is 13.5 Å². The van der Waals surface area contributed by atoms with Crippen LogP contribution in [0.25, 0.3) is 0 Å². The van der Waals surface area contributed by atoms with E-state index in [-0.39, 0.29) is 0 Å². The second-order valence-electron chi connectivity index (χ2n) is 3.73. The predicted molar refractivity (Wildman–Crippen MR) is 61.8 cm³/mol. The van der Waals surface area contributed by atoms with Gasteiger partial charge in [-0.1, -0.05) is 6.58 Å². The molecule has 8 heteroatoms. The fraction of sp³-hybridized carbons (Fsp3) is 0.778. The molecule has 102 valence electrons. The number of hydrogen-bond donors (Lipinski definition) is 0. The van der Waals surface area contributed by atoms with Crippen molar-refractivity contribution in [3.05, 3.63) is 12.2 Å². The number of rotatable bonds is 2. The highest BCUT2D eigenvalue weighted by atomic mass is 32.2. The minimum atomic E-state index is -6.09. The maximum Gasteiger partial charge on any atom is 0.485 e. The summed E-state index contributed by atoms with van der Waals surface area (Å²) in [5.41, 5.74) is -4.27. The lowest BCUT2D eigenvalue weighted by Gasteiger charge is -2.08. The molecular formula is C9H15F3O3S2. The Bertz CT molecular complexity index is 343. The van der Waals surface area contributed by atoms with E-state index in [1.54, 1.807) is 0 Å². The van der Waals surface area contributed by atoms with Crippen LogP contribution in [0.3, 0.4) is 0 Å². The van der Waals surface area contributed by atoms with Crippen molar-refractivity contribution < 1.29 is 26.1 Å². The highest BCUT2D eigenvalue weighted by Crippen LogP contribution is 2.20. The van der Waals surface area contributed by atoms with Gasteiger partial charge in [-0.3, -0.25) is 0 Å². The van der Waals surface area contributed by atoms with E-state index in [4.69, 9.17) is 13.0 Å². The van der Waals surface area contributed by atoms with Gasteiger partial charge in [0.25, 0.3) is 0 Å². The second kappa shape index (κ2) is 6.65. The van der Waals surface area contributed by atoms with Gasteiger partial charge >= 0.3 is 5.51 Å². The van der Waals surface area contributed by atoms with Crippen molar-refractivity contribution in [2.75, 3.05) is 17.3 Å². The molecule has 1 rings (SSSR count). The quantitative estimate of drug-likeness (QED) is 0.339. The highest BCUT2D eigenvalue weighted by molar-refractivity contribution is 7.97. The third-order valence-corrected chi connectivity index (χ3v) is 5.05. The van der Waals surface area contributed by atoms with Gasteiger partial charge in [-0.15, -0.1) is 0 Å². The van der Waals surface area contributed by atoms with Crippen molar-refractivity contribution in [1.29, 1.82) is 0 Å². The lowest BCUT2D eigenvalue weighted by molar-refractivity contribution is -0.0517. The minimum Gasteiger partial charge on any atom is -0.741 e. The first-order valence-corrected chi connectivity index (χ1v) is 7.98. The number of hydrogen-bond acceptors (Lipinski definition) is 3. The molecule has 17 heavy (non-hydrogen) atoms. The molecule has 0 aliphatic carbocycles. The van der Waals surface area contributed by atoms with Crippen LogP contribution in [0.4, 0.5) is 13.2 Å². The highest BCUT2D eigenvalue weighted by Gasteiger charge is 2.36. The Labute approximate surface area is 102 Å². The van der Waals surface area contributed by atoms with Gasteiger partial charge in [0.15, 0.2) is 10.1 Å². The summed E-state index contributed by atoms with van der Waals surface area (Å²) in [7, 11) is -5.35. The second-order valence-corrected chi connectivity index (χ2v) is 7.43. The first-order chi connectivity index (χ1) is 7.54. The normalized spacial score (nSPS) is 17.5. The molecule has 0 unspecified atom stereocenters. The summed E-state index contributed by atoms with van der Waals surface area (Å²) in [6.07, 6.45) is 2.94. The van der Waals surface area contributed by atoms with Crippen molar-refractivity contribution >= 4 is 21.0 Å². The van der Waals surface area contributed by atoms with E-state index in [0.717, 1.165) is 10.9 Å². The molecule has 0 aromatic heterocycles. The molecule has 1 aliphatic heterocycles. The molecule has 0 saturated carbocycles. The fourth-order valence-electron chi connectivity index (χ4n) is 1.21. The van der Waals surface area contributed by atoms with Crippen LogP contribution < -0.4 is 0 Å². The molecule has 3 nitrogen and oxygen atoms in total. The lowest BCUT2D eigenvalue weighted by atomic mass is 10.4. The van der Waals surface area contributed by atoms with Gasteiger partial charge in [-0.05, 0) is 36.2 Å². The van der Waals surface area contributed by atoms with Gasteiger partial charge in [-0.25, -0.2) is 8.42 Å². The van der Waals surface area contributed by atoms with E-state index in [9.17, 15) is 13.2 Å². The summed E-state index contributed by atoms with van der Waals surface area (Å²) < 4.78 is 58.9. The van der Waals surface area contributed by atoms with Gasteiger partial charge in [0.1, 0.15) is 17.3 Å². The van der Waals surface area contributed by atoms with E-state index in [1.165, 1.54) is 35.7 Å². The Morgan fingerprint density at radius 1 is 1.35 bits per heavy atom. The summed E-state index contributed by atoms with van der Waals surface area (Å²) in [4.78, 5) is 0. The Kier molecular flexibility index (Phi) is 6.57. The zero-order valence-electron chi connectivity index (χ0n) is 9.42. The summed E-state index contributed by atoms with van der Waals surface area (Å²) in [5.74, 6) is 4.26. The summed E-state index contributed by atoms with van der Waals surface area (Å²) in [6.45, 7) is 6.07. The van der Waals surface area contributed by atoms with Crippen LogP contribution in [0.2, 0.25) is 0 Å². The van der Waals surface area contributed by atoms with Crippen LogP contribution in [-0.4, -0.2) is 35.7 Å². The van der Waals surface area contributed by atoms with Gasteiger partial charge in [-0.2, -0.15) is 13.2 Å². The number of alkyl halides is 3. The van der Waals surface area contributed by atoms with E-state index < -0.39 is 15.6 Å². The van der Waals surface area contributed by atoms with Gasteiger partial charge in [0.05, 0.1) is 0 Å². The van der Waals surface area contributed by atoms with E-state index in [1.807, 2.05) is 0 Å². The van der Waals surface area contributed by atoms with Gasteiger partial charge in [0.2, 0.25) is 0 Å². The molecular weight excluding hydrogens is 277 g/mol. The zero-order valence-corrected chi connectivity index (χ0v) is 11.1. The summed E-state index contributed by atoms with van der Waals surface area (Å²) in [5, 5.41) is 0.